The average molecular weight is 377 g/mol. The summed E-state index contributed by atoms with van der Waals surface area (Å²) in [7, 11) is 1.97. The van der Waals surface area contributed by atoms with Crippen molar-refractivity contribution in [2.24, 2.45) is 0 Å². The van der Waals surface area contributed by atoms with Crippen molar-refractivity contribution in [3.63, 3.8) is 0 Å². The number of pyridine rings is 1. The molecule has 0 saturated heterocycles. The van der Waals surface area contributed by atoms with E-state index in [1.54, 1.807) is 11.8 Å². The first-order valence-corrected chi connectivity index (χ1v) is 9.81. The largest absolute Gasteiger partial charge is 0.352 e. The number of rotatable bonds is 5. The molecule has 1 unspecified atom stereocenters. The monoisotopic (exact) mass is 377 g/mol. The Kier molecular flexibility index (Phi) is 5.28. The van der Waals surface area contributed by atoms with E-state index < -0.39 is 5.95 Å². The van der Waals surface area contributed by atoms with Gasteiger partial charge in [0.1, 0.15) is 6.04 Å². The van der Waals surface area contributed by atoms with Crippen molar-refractivity contribution >= 4 is 17.4 Å². The van der Waals surface area contributed by atoms with Crippen molar-refractivity contribution in [2.45, 2.75) is 17.4 Å². The highest BCUT2D eigenvalue weighted by Gasteiger charge is 2.29. The molecule has 0 bridgehead atoms. The minimum atomic E-state index is -0.460. The molecular weight excluding hydrogens is 357 g/mol. The quantitative estimate of drug-likeness (QED) is 0.479. The van der Waals surface area contributed by atoms with Crippen LogP contribution in [0.1, 0.15) is 6.42 Å². The van der Waals surface area contributed by atoms with Gasteiger partial charge in [0, 0.05) is 28.6 Å². The molecule has 3 nitrogen and oxygen atoms in total. The Hall–Kier alpha value is -2.55. The highest BCUT2D eigenvalue weighted by Crippen LogP contribution is 2.45. The molecule has 0 fully saturated rings. The van der Waals surface area contributed by atoms with Crippen LogP contribution in [-0.4, -0.2) is 31.2 Å². The molecule has 5 heteroatoms. The van der Waals surface area contributed by atoms with E-state index in [9.17, 15) is 4.39 Å². The Morgan fingerprint density at radius 2 is 2.15 bits per heavy atom. The van der Waals surface area contributed by atoms with Crippen molar-refractivity contribution in [1.29, 1.82) is 0 Å². The second-order valence-corrected chi connectivity index (χ2v) is 7.54. The lowest BCUT2D eigenvalue weighted by Crippen LogP contribution is -2.39. The van der Waals surface area contributed by atoms with E-state index in [1.165, 1.54) is 27.8 Å². The Morgan fingerprint density at radius 1 is 1.26 bits per heavy atom. The first-order valence-electron chi connectivity index (χ1n) is 8.99. The van der Waals surface area contributed by atoms with Crippen LogP contribution < -0.4 is 10.2 Å². The van der Waals surface area contributed by atoms with Crippen molar-refractivity contribution in [2.75, 3.05) is 25.0 Å². The van der Waals surface area contributed by atoms with Crippen LogP contribution >= 0.6 is 11.8 Å². The molecule has 2 aliphatic rings. The number of anilines is 1. The van der Waals surface area contributed by atoms with Gasteiger partial charge in [0.2, 0.25) is 5.95 Å². The summed E-state index contributed by atoms with van der Waals surface area (Å²) in [4.78, 5) is 8.44. The van der Waals surface area contributed by atoms with Gasteiger partial charge in [-0.3, -0.25) is 0 Å². The summed E-state index contributed by atoms with van der Waals surface area (Å²) >= 11 is 1.75. The van der Waals surface area contributed by atoms with Gasteiger partial charge in [0.25, 0.3) is 0 Å². The number of thioether (sulfide) groups is 1. The van der Waals surface area contributed by atoms with E-state index >= 15 is 0 Å². The molecule has 2 aromatic rings. The fourth-order valence-electron chi connectivity index (χ4n) is 3.34. The lowest BCUT2D eigenvalue weighted by molar-refractivity contribution is 0.584. The second-order valence-electron chi connectivity index (χ2n) is 6.42. The van der Waals surface area contributed by atoms with Gasteiger partial charge < -0.3 is 10.2 Å². The van der Waals surface area contributed by atoms with Crippen LogP contribution in [0.3, 0.4) is 0 Å². The van der Waals surface area contributed by atoms with Crippen LogP contribution in [0, 0.1) is 17.8 Å². The number of halogens is 1. The van der Waals surface area contributed by atoms with Gasteiger partial charge in [-0.15, -0.1) is 0 Å². The SMILES string of the molecule is CNCCCN1c2ccc(-c3ccnc(F)c3)cc2SC2=CC=CC#CC21. The Balaban J connectivity index is 1.74. The lowest BCUT2D eigenvalue weighted by Gasteiger charge is -2.37. The summed E-state index contributed by atoms with van der Waals surface area (Å²) in [5, 5.41) is 3.22. The zero-order chi connectivity index (χ0) is 18.6. The van der Waals surface area contributed by atoms with Crippen molar-refractivity contribution < 1.29 is 4.39 Å². The molecule has 1 aromatic heterocycles. The summed E-state index contributed by atoms with van der Waals surface area (Å²) in [6, 6.07) is 9.72. The van der Waals surface area contributed by atoms with E-state index in [0.29, 0.717) is 0 Å². The van der Waals surface area contributed by atoms with Gasteiger partial charge >= 0.3 is 0 Å². The van der Waals surface area contributed by atoms with Crippen LogP contribution in [-0.2, 0) is 0 Å². The normalized spacial score (nSPS) is 17.3. The summed E-state index contributed by atoms with van der Waals surface area (Å²) < 4.78 is 13.5. The minimum absolute atomic E-state index is 0.0820. The number of nitrogens with one attached hydrogen (secondary N) is 1. The molecule has 1 atom stereocenters. The third kappa shape index (κ3) is 3.78. The van der Waals surface area contributed by atoms with Gasteiger partial charge in [-0.05, 0) is 61.5 Å². The first kappa shape index (κ1) is 17.8. The molecule has 2 heterocycles. The molecule has 1 aliphatic carbocycles. The Bertz CT molecular complexity index is 971. The predicted molar refractivity (Wildman–Crippen MR) is 110 cm³/mol. The number of benzene rings is 1. The Labute approximate surface area is 163 Å². The fraction of sp³-hybridized carbons (Fsp3) is 0.227. The van der Waals surface area contributed by atoms with Crippen LogP contribution in [0.15, 0.2) is 64.6 Å². The smallest absolute Gasteiger partial charge is 0.213 e. The third-order valence-corrected chi connectivity index (χ3v) is 5.77. The van der Waals surface area contributed by atoms with Crippen LogP contribution in [0.25, 0.3) is 11.1 Å². The maximum Gasteiger partial charge on any atom is 0.213 e. The van der Waals surface area contributed by atoms with Gasteiger partial charge in [-0.1, -0.05) is 35.7 Å². The molecule has 4 rings (SSSR count). The summed E-state index contributed by atoms with van der Waals surface area (Å²) in [5.41, 5.74) is 3.02. The number of allylic oxidation sites excluding steroid dienone is 3. The Morgan fingerprint density at radius 3 is 3.00 bits per heavy atom. The first-order chi connectivity index (χ1) is 13.3. The van der Waals surface area contributed by atoms with Crippen molar-refractivity contribution in [1.82, 2.24) is 10.3 Å². The van der Waals surface area contributed by atoms with Gasteiger partial charge in [0.05, 0.1) is 5.69 Å². The number of hydrogen-bond acceptors (Lipinski definition) is 4. The number of hydrogen-bond donors (Lipinski definition) is 1. The molecule has 136 valence electrons. The predicted octanol–water partition coefficient (Wildman–Crippen LogP) is 4.24. The van der Waals surface area contributed by atoms with E-state index in [4.69, 9.17) is 0 Å². The molecule has 1 aromatic carbocycles. The summed E-state index contributed by atoms with van der Waals surface area (Å²) in [6.07, 6.45) is 8.58. The number of fused-ring (bicyclic) bond motifs is 2. The highest BCUT2D eigenvalue weighted by atomic mass is 32.2. The van der Waals surface area contributed by atoms with E-state index in [1.807, 2.05) is 25.3 Å². The third-order valence-electron chi connectivity index (χ3n) is 4.62. The molecule has 27 heavy (non-hydrogen) atoms. The van der Waals surface area contributed by atoms with Crippen molar-refractivity contribution in [3.8, 4) is 23.0 Å². The zero-order valence-corrected chi connectivity index (χ0v) is 15.9. The van der Waals surface area contributed by atoms with Crippen molar-refractivity contribution in [3.05, 3.63) is 65.6 Å². The van der Waals surface area contributed by atoms with Gasteiger partial charge in [-0.25, -0.2) is 4.98 Å². The molecule has 0 radical (unpaired) electrons. The van der Waals surface area contributed by atoms with E-state index in [-0.39, 0.29) is 6.04 Å². The van der Waals surface area contributed by atoms with Crippen LogP contribution in [0.5, 0.6) is 0 Å². The molecule has 1 N–H and O–H groups in total. The molecule has 0 saturated carbocycles. The van der Waals surface area contributed by atoms with Gasteiger partial charge in [0.15, 0.2) is 0 Å². The second kappa shape index (κ2) is 7.99. The number of nitrogens with zero attached hydrogens (tertiary/aromatic N) is 2. The fourth-order valence-corrected chi connectivity index (χ4v) is 4.51. The van der Waals surface area contributed by atoms with E-state index in [0.717, 1.165) is 30.6 Å². The maximum absolute atomic E-state index is 13.5. The topological polar surface area (TPSA) is 28.2 Å². The molecular formula is C22H20FN3S. The zero-order valence-electron chi connectivity index (χ0n) is 15.1. The minimum Gasteiger partial charge on any atom is -0.352 e. The lowest BCUT2D eigenvalue weighted by atomic mass is 10.1. The molecule has 0 amide bonds. The number of aromatic nitrogens is 1. The van der Waals surface area contributed by atoms with E-state index in [2.05, 4.69) is 51.3 Å². The maximum atomic E-state index is 13.5. The van der Waals surface area contributed by atoms with Gasteiger partial charge in [-0.2, -0.15) is 4.39 Å². The molecule has 0 spiro atoms. The average Bonchev–Trinajstić information content (AvgIpc) is 2.92. The van der Waals surface area contributed by atoms with Crippen LogP contribution in [0.4, 0.5) is 10.1 Å². The summed E-state index contributed by atoms with van der Waals surface area (Å²) in [6.45, 7) is 1.89. The van der Waals surface area contributed by atoms with Crippen LogP contribution in [0.2, 0.25) is 0 Å². The summed E-state index contributed by atoms with van der Waals surface area (Å²) in [5.74, 6) is 6.06. The standard InChI is InChI=1S/C22H20FN3S/c1-24-11-5-13-26-18-6-3-2-4-7-20(18)27-21-14-16(8-9-19(21)26)17-10-12-25-22(23)15-17/h2,4,7-10,12,14-15,18,24H,5,11,13H2,1H3. The highest BCUT2D eigenvalue weighted by molar-refractivity contribution is 8.03. The molecule has 1 aliphatic heterocycles.